The summed E-state index contributed by atoms with van der Waals surface area (Å²) in [6, 6.07) is 10.5. The van der Waals surface area contributed by atoms with E-state index in [1.54, 1.807) is 19.1 Å². The maximum atomic E-state index is 13.3. The zero-order chi connectivity index (χ0) is 14.0. The first-order valence-corrected chi connectivity index (χ1v) is 6.66. The van der Waals surface area contributed by atoms with Gasteiger partial charge in [0, 0.05) is 0 Å². The molecule has 2 rings (SSSR count). The summed E-state index contributed by atoms with van der Waals surface area (Å²) in [6.07, 6.45) is 0. The molecule has 1 N–H and O–H groups in total. The van der Waals surface area contributed by atoms with Crippen molar-refractivity contribution in [2.75, 3.05) is 7.05 Å². The SMILES string of the molecule is CNC(c1ccc(F)c(C)c1)c1ccc(Cl)c(Cl)c1. The highest BCUT2D eigenvalue weighted by Gasteiger charge is 2.14. The monoisotopic (exact) mass is 297 g/mol. The van der Waals surface area contributed by atoms with Crippen molar-refractivity contribution in [2.24, 2.45) is 0 Å². The van der Waals surface area contributed by atoms with Crippen molar-refractivity contribution in [3.8, 4) is 0 Å². The molecule has 0 saturated heterocycles. The average molecular weight is 298 g/mol. The third kappa shape index (κ3) is 3.08. The fourth-order valence-electron chi connectivity index (χ4n) is 2.07. The Labute approximate surface area is 122 Å². The number of halogens is 3. The van der Waals surface area contributed by atoms with Crippen LogP contribution in [0, 0.1) is 12.7 Å². The van der Waals surface area contributed by atoms with E-state index < -0.39 is 0 Å². The predicted octanol–water partition coefficient (Wildman–Crippen LogP) is 4.75. The van der Waals surface area contributed by atoms with Crippen molar-refractivity contribution < 1.29 is 4.39 Å². The van der Waals surface area contributed by atoms with Crippen molar-refractivity contribution in [1.29, 1.82) is 0 Å². The Morgan fingerprint density at radius 2 is 1.63 bits per heavy atom. The van der Waals surface area contributed by atoms with Crippen molar-refractivity contribution in [2.45, 2.75) is 13.0 Å². The Kier molecular flexibility index (Phi) is 4.46. The predicted molar refractivity (Wildman–Crippen MR) is 78.5 cm³/mol. The van der Waals surface area contributed by atoms with Gasteiger partial charge in [-0.15, -0.1) is 0 Å². The molecule has 2 aromatic carbocycles. The van der Waals surface area contributed by atoms with Crippen LogP contribution in [0.2, 0.25) is 10.0 Å². The molecule has 0 aliphatic rings. The number of nitrogens with one attached hydrogen (secondary N) is 1. The molecule has 0 heterocycles. The average Bonchev–Trinajstić information content (AvgIpc) is 2.39. The van der Waals surface area contributed by atoms with Crippen LogP contribution in [0.4, 0.5) is 4.39 Å². The molecular weight excluding hydrogens is 284 g/mol. The van der Waals surface area contributed by atoms with Gasteiger partial charge in [0.2, 0.25) is 0 Å². The standard InChI is InChI=1S/C15H14Cl2FN/c1-9-7-10(4-6-14(9)18)15(19-2)11-3-5-12(16)13(17)8-11/h3-8,15,19H,1-2H3. The molecule has 0 fully saturated rings. The number of rotatable bonds is 3. The Hall–Kier alpha value is -1.09. The molecule has 2 aromatic rings. The van der Waals surface area contributed by atoms with E-state index in [9.17, 15) is 4.39 Å². The van der Waals surface area contributed by atoms with E-state index in [2.05, 4.69) is 5.32 Å². The van der Waals surface area contributed by atoms with E-state index in [0.29, 0.717) is 15.6 Å². The van der Waals surface area contributed by atoms with Gasteiger partial charge in [-0.05, 0) is 48.9 Å². The van der Waals surface area contributed by atoms with E-state index in [1.807, 2.05) is 25.2 Å². The first-order chi connectivity index (χ1) is 9.02. The van der Waals surface area contributed by atoms with Crippen LogP contribution < -0.4 is 5.32 Å². The molecule has 0 aromatic heterocycles. The molecule has 100 valence electrons. The lowest BCUT2D eigenvalue weighted by Crippen LogP contribution is -2.17. The van der Waals surface area contributed by atoms with Gasteiger partial charge in [0.1, 0.15) is 5.82 Å². The van der Waals surface area contributed by atoms with Crippen LogP contribution in [0.3, 0.4) is 0 Å². The molecule has 0 bridgehead atoms. The number of benzene rings is 2. The van der Waals surface area contributed by atoms with Gasteiger partial charge in [0.05, 0.1) is 16.1 Å². The van der Waals surface area contributed by atoms with Crippen LogP contribution in [-0.4, -0.2) is 7.05 Å². The lowest BCUT2D eigenvalue weighted by Gasteiger charge is -2.18. The number of aryl methyl sites for hydroxylation is 1. The molecule has 0 amide bonds. The first kappa shape index (κ1) is 14.3. The molecule has 0 aliphatic carbocycles. The summed E-state index contributed by atoms with van der Waals surface area (Å²) in [5.41, 5.74) is 2.60. The van der Waals surface area contributed by atoms with Gasteiger partial charge in [0.15, 0.2) is 0 Å². The van der Waals surface area contributed by atoms with Gasteiger partial charge in [-0.1, -0.05) is 41.4 Å². The van der Waals surface area contributed by atoms with Crippen molar-refractivity contribution in [1.82, 2.24) is 5.32 Å². The second-order valence-electron chi connectivity index (χ2n) is 4.40. The van der Waals surface area contributed by atoms with E-state index >= 15 is 0 Å². The minimum absolute atomic E-state index is 0.0472. The maximum Gasteiger partial charge on any atom is 0.126 e. The Morgan fingerprint density at radius 3 is 2.21 bits per heavy atom. The summed E-state index contributed by atoms with van der Waals surface area (Å²) in [6.45, 7) is 1.75. The van der Waals surface area contributed by atoms with Crippen molar-refractivity contribution >= 4 is 23.2 Å². The fourth-order valence-corrected chi connectivity index (χ4v) is 2.37. The van der Waals surface area contributed by atoms with E-state index in [0.717, 1.165) is 11.1 Å². The lowest BCUT2D eigenvalue weighted by atomic mass is 9.97. The zero-order valence-corrected chi connectivity index (χ0v) is 12.2. The highest BCUT2D eigenvalue weighted by atomic mass is 35.5. The van der Waals surface area contributed by atoms with E-state index in [4.69, 9.17) is 23.2 Å². The topological polar surface area (TPSA) is 12.0 Å². The van der Waals surface area contributed by atoms with Gasteiger partial charge in [0.25, 0.3) is 0 Å². The lowest BCUT2D eigenvalue weighted by molar-refractivity contribution is 0.614. The van der Waals surface area contributed by atoms with Gasteiger partial charge in [-0.3, -0.25) is 0 Å². The number of hydrogen-bond acceptors (Lipinski definition) is 1. The zero-order valence-electron chi connectivity index (χ0n) is 10.7. The van der Waals surface area contributed by atoms with Crippen LogP contribution in [0.5, 0.6) is 0 Å². The summed E-state index contributed by atoms with van der Waals surface area (Å²) in [5, 5.41) is 4.24. The summed E-state index contributed by atoms with van der Waals surface area (Å²) >= 11 is 12.0. The third-order valence-corrected chi connectivity index (χ3v) is 3.82. The summed E-state index contributed by atoms with van der Waals surface area (Å²) in [5.74, 6) is -0.201. The van der Waals surface area contributed by atoms with E-state index in [1.165, 1.54) is 6.07 Å². The van der Waals surface area contributed by atoms with Crippen molar-refractivity contribution in [3.05, 3.63) is 69.0 Å². The normalized spacial score (nSPS) is 12.5. The van der Waals surface area contributed by atoms with Crippen LogP contribution in [-0.2, 0) is 0 Å². The second kappa shape index (κ2) is 5.91. The molecule has 19 heavy (non-hydrogen) atoms. The molecule has 0 aliphatic heterocycles. The summed E-state index contributed by atoms with van der Waals surface area (Å²) in [4.78, 5) is 0. The molecule has 0 spiro atoms. The third-order valence-electron chi connectivity index (χ3n) is 3.08. The number of hydrogen-bond donors (Lipinski definition) is 1. The largest absolute Gasteiger partial charge is 0.309 e. The van der Waals surface area contributed by atoms with Crippen LogP contribution >= 0.6 is 23.2 Å². The van der Waals surface area contributed by atoms with Gasteiger partial charge < -0.3 is 5.32 Å². The molecule has 0 radical (unpaired) electrons. The smallest absolute Gasteiger partial charge is 0.126 e. The molecular formula is C15H14Cl2FN. The Bertz CT molecular complexity index is 547. The Morgan fingerprint density at radius 1 is 1.00 bits per heavy atom. The van der Waals surface area contributed by atoms with Crippen LogP contribution in [0.1, 0.15) is 22.7 Å². The molecule has 1 atom stereocenters. The Balaban J connectivity index is 2.43. The minimum atomic E-state index is -0.201. The fraction of sp³-hybridized carbons (Fsp3) is 0.200. The molecule has 1 nitrogen and oxygen atoms in total. The van der Waals surface area contributed by atoms with Crippen LogP contribution in [0.25, 0.3) is 0 Å². The van der Waals surface area contributed by atoms with E-state index in [-0.39, 0.29) is 11.9 Å². The van der Waals surface area contributed by atoms with Gasteiger partial charge >= 0.3 is 0 Å². The molecule has 4 heteroatoms. The summed E-state index contributed by atoms with van der Waals surface area (Å²) in [7, 11) is 1.85. The maximum absolute atomic E-state index is 13.3. The quantitative estimate of drug-likeness (QED) is 0.862. The molecule has 1 unspecified atom stereocenters. The van der Waals surface area contributed by atoms with Gasteiger partial charge in [-0.25, -0.2) is 4.39 Å². The van der Waals surface area contributed by atoms with Crippen molar-refractivity contribution in [3.63, 3.8) is 0 Å². The second-order valence-corrected chi connectivity index (χ2v) is 5.22. The first-order valence-electron chi connectivity index (χ1n) is 5.91. The highest BCUT2D eigenvalue weighted by Crippen LogP contribution is 2.29. The van der Waals surface area contributed by atoms with Gasteiger partial charge in [-0.2, -0.15) is 0 Å². The highest BCUT2D eigenvalue weighted by molar-refractivity contribution is 6.42. The van der Waals surface area contributed by atoms with Crippen LogP contribution in [0.15, 0.2) is 36.4 Å². The minimum Gasteiger partial charge on any atom is -0.309 e. The summed E-state index contributed by atoms with van der Waals surface area (Å²) < 4.78 is 13.3. The molecule has 0 saturated carbocycles.